The molecule has 0 saturated carbocycles. The summed E-state index contributed by atoms with van der Waals surface area (Å²) in [6.45, 7) is 3.04. The van der Waals surface area contributed by atoms with Gasteiger partial charge in [-0.05, 0) is 74.9 Å². The average molecular weight is 468 g/mol. The zero-order chi connectivity index (χ0) is 23.8. The van der Waals surface area contributed by atoms with E-state index < -0.39 is 28.5 Å². The maximum Gasteiger partial charge on any atom is 0.339 e. The van der Waals surface area contributed by atoms with Crippen LogP contribution in [0, 0.1) is 13.8 Å². The van der Waals surface area contributed by atoms with E-state index in [1.54, 1.807) is 19.1 Å². The second kappa shape index (κ2) is 8.92. The maximum absolute atomic E-state index is 13.1. The van der Waals surface area contributed by atoms with Crippen LogP contribution >= 0.6 is 0 Å². The van der Waals surface area contributed by atoms with Crippen LogP contribution in [-0.2, 0) is 32.4 Å². The molecule has 2 aromatic carbocycles. The van der Waals surface area contributed by atoms with Crippen LogP contribution in [0.1, 0.15) is 45.6 Å². The summed E-state index contributed by atoms with van der Waals surface area (Å²) in [4.78, 5) is 30.2. The Bertz CT molecular complexity index is 1380. The fourth-order valence-electron chi connectivity index (χ4n) is 4.16. The van der Waals surface area contributed by atoms with Crippen LogP contribution < -0.4 is 10.5 Å². The van der Waals surface area contributed by atoms with Gasteiger partial charge in [-0.1, -0.05) is 17.7 Å². The number of pyridine rings is 1. The van der Waals surface area contributed by atoms with Crippen LogP contribution in [0.25, 0.3) is 10.9 Å². The quantitative estimate of drug-likeness (QED) is 0.555. The number of rotatable bonds is 5. The Hall–Kier alpha value is -3.30. The number of ether oxygens (including phenoxy) is 1. The minimum Gasteiger partial charge on any atom is -0.452 e. The van der Waals surface area contributed by atoms with Crippen LogP contribution in [0.5, 0.6) is 0 Å². The standard InChI is InChI=1S/C24H25N3O5S/c1-14-7-10-20-18(11-14)23(17-5-3-4-6-19(17)27-20)24(29)32-13-22(28)26-16-9-8-15(2)21(12-16)33(25,30)31/h7-12H,3-6,13H2,1-2H3,(H,26,28)(H2,25,30,31). The minimum absolute atomic E-state index is 0.0810. The van der Waals surface area contributed by atoms with Crippen molar-refractivity contribution in [3.8, 4) is 0 Å². The number of nitrogens with two attached hydrogens (primary N) is 1. The molecule has 4 rings (SSSR count). The summed E-state index contributed by atoms with van der Waals surface area (Å²) >= 11 is 0. The molecule has 0 bridgehead atoms. The van der Waals surface area contributed by atoms with Crippen molar-refractivity contribution in [3.05, 3.63) is 64.3 Å². The van der Waals surface area contributed by atoms with Gasteiger partial charge in [-0.25, -0.2) is 18.4 Å². The van der Waals surface area contributed by atoms with Crippen molar-refractivity contribution in [3.63, 3.8) is 0 Å². The molecular formula is C24H25N3O5S. The van der Waals surface area contributed by atoms with Crippen LogP contribution in [-0.4, -0.2) is 31.9 Å². The second-order valence-electron chi connectivity index (χ2n) is 8.29. The number of hydrogen-bond acceptors (Lipinski definition) is 6. The van der Waals surface area contributed by atoms with E-state index in [-0.39, 0.29) is 10.6 Å². The smallest absolute Gasteiger partial charge is 0.339 e. The Kier molecular flexibility index (Phi) is 6.18. The van der Waals surface area contributed by atoms with E-state index in [1.165, 1.54) is 6.07 Å². The number of esters is 1. The molecular weight excluding hydrogens is 442 g/mol. The van der Waals surface area contributed by atoms with Crippen molar-refractivity contribution in [2.75, 3.05) is 11.9 Å². The molecule has 0 unspecified atom stereocenters. The molecule has 33 heavy (non-hydrogen) atoms. The third-order valence-corrected chi connectivity index (χ3v) is 6.79. The topological polar surface area (TPSA) is 128 Å². The minimum atomic E-state index is -3.93. The number of carbonyl (C=O) groups excluding carboxylic acids is 2. The highest BCUT2D eigenvalue weighted by molar-refractivity contribution is 7.89. The van der Waals surface area contributed by atoms with Crippen molar-refractivity contribution < 1.29 is 22.7 Å². The van der Waals surface area contributed by atoms with E-state index in [1.807, 2.05) is 25.1 Å². The molecule has 0 spiro atoms. The summed E-state index contributed by atoms with van der Waals surface area (Å²) < 4.78 is 28.8. The number of anilines is 1. The largest absolute Gasteiger partial charge is 0.452 e. The molecule has 8 nitrogen and oxygen atoms in total. The Balaban J connectivity index is 1.55. The molecule has 0 aliphatic heterocycles. The number of carbonyl (C=O) groups is 2. The number of primary sulfonamides is 1. The third-order valence-electron chi connectivity index (χ3n) is 5.73. The number of fused-ring (bicyclic) bond motifs is 2. The van der Waals surface area contributed by atoms with Crippen LogP contribution in [0.3, 0.4) is 0 Å². The zero-order valence-corrected chi connectivity index (χ0v) is 19.3. The van der Waals surface area contributed by atoms with Crippen molar-refractivity contribution in [1.29, 1.82) is 0 Å². The van der Waals surface area contributed by atoms with Crippen LogP contribution in [0.2, 0.25) is 0 Å². The normalized spacial score (nSPS) is 13.4. The molecule has 0 atom stereocenters. The van der Waals surface area contributed by atoms with Gasteiger partial charge in [0, 0.05) is 16.8 Å². The molecule has 1 aliphatic carbocycles. The van der Waals surface area contributed by atoms with E-state index in [9.17, 15) is 18.0 Å². The number of sulfonamides is 1. The Morgan fingerprint density at radius 3 is 2.61 bits per heavy atom. The van der Waals surface area contributed by atoms with Gasteiger partial charge in [0.1, 0.15) is 0 Å². The Labute approximate surface area is 192 Å². The summed E-state index contributed by atoms with van der Waals surface area (Å²) in [6, 6.07) is 10.1. The number of aryl methyl sites for hydroxylation is 3. The first-order valence-electron chi connectivity index (χ1n) is 10.7. The number of aromatic nitrogens is 1. The van der Waals surface area contributed by atoms with E-state index in [0.29, 0.717) is 11.1 Å². The molecule has 0 fully saturated rings. The molecule has 1 aliphatic rings. The van der Waals surface area contributed by atoms with Gasteiger partial charge < -0.3 is 10.1 Å². The van der Waals surface area contributed by atoms with Gasteiger partial charge in [0.15, 0.2) is 6.61 Å². The molecule has 172 valence electrons. The van der Waals surface area contributed by atoms with Gasteiger partial charge in [-0.2, -0.15) is 0 Å². The SMILES string of the molecule is Cc1ccc2nc3c(c(C(=O)OCC(=O)Nc4ccc(C)c(S(N)(=O)=O)c4)c2c1)CCCC3. The monoisotopic (exact) mass is 467 g/mol. The summed E-state index contributed by atoms with van der Waals surface area (Å²) in [7, 11) is -3.93. The van der Waals surface area contributed by atoms with E-state index in [0.717, 1.165) is 53.4 Å². The van der Waals surface area contributed by atoms with Gasteiger partial charge in [0.05, 0.1) is 16.0 Å². The molecule has 1 amide bonds. The Morgan fingerprint density at radius 1 is 1.09 bits per heavy atom. The maximum atomic E-state index is 13.1. The third kappa shape index (κ3) is 4.89. The number of nitrogens with zero attached hydrogens (tertiary/aromatic N) is 1. The molecule has 1 heterocycles. The average Bonchev–Trinajstić information content (AvgIpc) is 2.76. The first-order valence-corrected chi connectivity index (χ1v) is 12.2. The van der Waals surface area contributed by atoms with Crippen LogP contribution in [0.4, 0.5) is 5.69 Å². The first-order chi connectivity index (χ1) is 15.6. The first kappa shape index (κ1) is 22.9. The number of benzene rings is 2. The molecule has 3 N–H and O–H groups in total. The highest BCUT2D eigenvalue weighted by Crippen LogP contribution is 2.30. The summed E-state index contributed by atoms with van der Waals surface area (Å²) in [6.07, 6.45) is 3.53. The lowest BCUT2D eigenvalue weighted by atomic mass is 9.89. The van der Waals surface area contributed by atoms with Crippen LogP contribution in [0.15, 0.2) is 41.3 Å². The highest BCUT2D eigenvalue weighted by Gasteiger charge is 2.24. The fourth-order valence-corrected chi connectivity index (χ4v) is 4.96. The predicted molar refractivity (Wildman–Crippen MR) is 125 cm³/mol. The van der Waals surface area contributed by atoms with Gasteiger partial charge in [0.25, 0.3) is 5.91 Å². The lowest BCUT2D eigenvalue weighted by Gasteiger charge is -2.20. The predicted octanol–water partition coefficient (Wildman–Crippen LogP) is 3.17. The number of nitrogens with one attached hydrogen (secondary N) is 1. The van der Waals surface area contributed by atoms with E-state index >= 15 is 0 Å². The van der Waals surface area contributed by atoms with Gasteiger partial charge >= 0.3 is 5.97 Å². The molecule has 3 aromatic rings. The van der Waals surface area contributed by atoms with Crippen molar-refractivity contribution in [1.82, 2.24) is 4.98 Å². The van der Waals surface area contributed by atoms with Crippen molar-refractivity contribution >= 4 is 38.5 Å². The van der Waals surface area contributed by atoms with Crippen molar-refractivity contribution in [2.45, 2.75) is 44.4 Å². The summed E-state index contributed by atoms with van der Waals surface area (Å²) in [5.41, 5.74) is 4.70. The zero-order valence-electron chi connectivity index (χ0n) is 18.5. The van der Waals surface area contributed by atoms with Gasteiger partial charge in [0.2, 0.25) is 10.0 Å². The van der Waals surface area contributed by atoms with Gasteiger partial charge in [-0.15, -0.1) is 0 Å². The van der Waals surface area contributed by atoms with Crippen molar-refractivity contribution in [2.24, 2.45) is 5.14 Å². The summed E-state index contributed by atoms with van der Waals surface area (Å²) in [5.74, 6) is -1.16. The van der Waals surface area contributed by atoms with E-state index in [2.05, 4.69) is 5.32 Å². The van der Waals surface area contributed by atoms with E-state index in [4.69, 9.17) is 14.9 Å². The molecule has 0 saturated heterocycles. The molecule has 9 heteroatoms. The second-order valence-corrected chi connectivity index (χ2v) is 9.82. The molecule has 0 radical (unpaired) electrons. The lowest BCUT2D eigenvalue weighted by molar-refractivity contribution is -0.119. The number of hydrogen-bond donors (Lipinski definition) is 2. The lowest BCUT2D eigenvalue weighted by Crippen LogP contribution is -2.23. The Morgan fingerprint density at radius 2 is 1.85 bits per heavy atom. The number of amides is 1. The molecule has 1 aromatic heterocycles. The summed E-state index contributed by atoms with van der Waals surface area (Å²) in [5, 5.41) is 8.49. The fraction of sp³-hybridized carbons (Fsp3) is 0.292. The highest BCUT2D eigenvalue weighted by atomic mass is 32.2. The van der Waals surface area contributed by atoms with Gasteiger partial charge in [-0.3, -0.25) is 9.78 Å².